The van der Waals surface area contributed by atoms with E-state index in [1.165, 1.54) is 5.56 Å². The van der Waals surface area contributed by atoms with Crippen LogP contribution >= 0.6 is 0 Å². The molecule has 2 N–H and O–H groups in total. The summed E-state index contributed by atoms with van der Waals surface area (Å²) in [6.07, 6.45) is 0.973. The monoisotopic (exact) mass is 279 g/mol. The van der Waals surface area contributed by atoms with Gasteiger partial charge >= 0.3 is 0 Å². The van der Waals surface area contributed by atoms with Crippen molar-refractivity contribution in [3.05, 3.63) is 47.5 Å². The molecule has 1 aromatic heterocycles. The number of aryl methyl sites for hydroxylation is 1. The Kier molecular flexibility index (Phi) is 2.72. The quantitative estimate of drug-likeness (QED) is 0.784. The van der Waals surface area contributed by atoms with Gasteiger partial charge in [0.05, 0.1) is 17.6 Å². The molecule has 21 heavy (non-hydrogen) atoms. The SMILES string of the molecule is Cn1c(-c2ccc3c(c2)CCO3)nc2c(CN)cccc21. The van der Waals surface area contributed by atoms with Crippen molar-refractivity contribution in [2.75, 3.05) is 6.61 Å². The third-order valence-electron chi connectivity index (χ3n) is 4.16. The van der Waals surface area contributed by atoms with Gasteiger partial charge in [0.25, 0.3) is 0 Å². The summed E-state index contributed by atoms with van der Waals surface area (Å²) in [7, 11) is 2.05. The molecular formula is C17H17N3O. The number of fused-ring (bicyclic) bond motifs is 2. The highest BCUT2D eigenvalue weighted by Crippen LogP contribution is 2.31. The Morgan fingerprint density at radius 2 is 2.19 bits per heavy atom. The highest BCUT2D eigenvalue weighted by atomic mass is 16.5. The molecule has 106 valence electrons. The normalized spacial score (nSPS) is 13.4. The molecule has 0 fully saturated rings. The van der Waals surface area contributed by atoms with Crippen LogP contribution in [-0.4, -0.2) is 16.2 Å². The number of benzene rings is 2. The van der Waals surface area contributed by atoms with Crippen molar-refractivity contribution < 1.29 is 4.74 Å². The summed E-state index contributed by atoms with van der Waals surface area (Å²) in [5.74, 6) is 1.97. The lowest BCUT2D eigenvalue weighted by Crippen LogP contribution is -1.97. The smallest absolute Gasteiger partial charge is 0.140 e. The number of nitrogens with two attached hydrogens (primary N) is 1. The number of hydrogen-bond donors (Lipinski definition) is 1. The maximum atomic E-state index is 5.82. The largest absolute Gasteiger partial charge is 0.493 e. The van der Waals surface area contributed by atoms with Gasteiger partial charge in [-0.25, -0.2) is 4.98 Å². The van der Waals surface area contributed by atoms with Crippen LogP contribution in [0.15, 0.2) is 36.4 Å². The number of aromatic nitrogens is 2. The molecule has 0 aliphatic carbocycles. The minimum Gasteiger partial charge on any atom is -0.493 e. The predicted octanol–water partition coefficient (Wildman–Crippen LogP) is 2.63. The van der Waals surface area contributed by atoms with E-state index in [1.807, 2.05) is 18.2 Å². The van der Waals surface area contributed by atoms with Crippen LogP contribution in [0.4, 0.5) is 0 Å². The van der Waals surface area contributed by atoms with Crippen LogP contribution in [-0.2, 0) is 20.0 Å². The van der Waals surface area contributed by atoms with Crippen molar-refractivity contribution in [3.8, 4) is 17.1 Å². The van der Waals surface area contributed by atoms with Gasteiger partial charge in [-0.3, -0.25) is 0 Å². The standard InChI is InChI=1S/C17H17N3O/c1-20-14-4-2-3-13(10-18)16(14)19-17(20)12-5-6-15-11(9-12)7-8-21-15/h2-6,9H,7-8,10,18H2,1H3. The molecular weight excluding hydrogens is 262 g/mol. The first-order valence-electron chi connectivity index (χ1n) is 7.18. The number of rotatable bonds is 2. The average Bonchev–Trinajstić information content (AvgIpc) is 3.11. The molecule has 0 radical (unpaired) electrons. The van der Waals surface area contributed by atoms with E-state index < -0.39 is 0 Å². The molecule has 0 spiro atoms. The van der Waals surface area contributed by atoms with Gasteiger partial charge in [0.15, 0.2) is 0 Å². The van der Waals surface area contributed by atoms with Gasteiger partial charge in [-0.05, 0) is 35.4 Å². The number of ether oxygens (including phenoxy) is 1. The molecule has 0 unspecified atom stereocenters. The summed E-state index contributed by atoms with van der Waals surface area (Å²) >= 11 is 0. The molecule has 4 nitrogen and oxygen atoms in total. The molecule has 1 aliphatic rings. The molecule has 2 aromatic carbocycles. The highest BCUT2D eigenvalue weighted by Gasteiger charge is 2.16. The fourth-order valence-corrected chi connectivity index (χ4v) is 3.02. The second-order valence-electron chi connectivity index (χ2n) is 5.40. The topological polar surface area (TPSA) is 53.1 Å². The van der Waals surface area contributed by atoms with Gasteiger partial charge in [0.1, 0.15) is 11.6 Å². The summed E-state index contributed by atoms with van der Waals surface area (Å²) in [4.78, 5) is 4.82. The summed E-state index contributed by atoms with van der Waals surface area (Å²) in [6.45, 7) is 1.28. The van der Waals surface area contributed by atoms with Crippen LogP contribution in [0.2, 0.25) is 0 Å². The lowest BCUT2D eigenvalue weighted by molar-refractivity contribution is 0.357. The van der Waals surface area contributed by atoms with Crippen molar-refractivity contribution in [1.82, 2.24) is 9.55 Å². The van der Waals surface area contributed by atoms with Crippen LogP contribution < -0.4 is 10.5 Å². The molecule has 0 atom stereocenters. The van der Waals surface area contributed by atoms with E-state index in [9.17, 15) is 0 Å². The van der Waals surface area contributed by atoms with E-state index in [2.05, 4.69) is 29.8 Å². The number of nitrogens with zero attached hydrogens (tertiary/aromatic N) is 2. The van der Waals surface area contributed by atoms with E-state index in [4.69, 9.17) is 15.5 Å². The molecule has 3 aromatic rings. The fraction of sp³-hybridized carbons (Fsp3) is 0.235. The summed E-state index contributed by atoms with van der Waals surface area (Å²) < 4.78 is 7.70. The highest BCUT2D eigenvalue weighted by molar-refractivity contribution is 5.83. The fourth-order valence-electron chi connectivity index (χ4n) is 3.02. The van der Waals surface area contributed by atoms with E-state index in [-0.39, 0.29) is 0 Å². The van der Waals surface area contributed by atoms with E-state index in [1.54, 1.807) is 0 Å². The van der Waals surface area contributed by atoms with Gasteiger partial charge < -0.3 is 15.0 Å². The third-order valence-corrected chi connectivity index (χ3v) is 4.16. The van der Waals surface area contributed by atoms with Crippen LogP contribution in [0.1, 0.15) is 11.1 Å². The van der Waals surface area contributed by atoms with Gasteiger partial charge in [0.2, 0.25) is 0 Å². The molecule has 0 saturated carbocycles. The van der Waals surface area contributed by atoms with E-state index in [0.717, 1.165) is 46.8 Å². The molecule has 2 heterocycles. The number of hydrogen-bond acceptors (Lipinski definition) is 3. The molecule has 4 heteroatoms. The number of para-hydroxylation sites is 1. The maximum Gasteiger partial charge on any atom is 0.140 e. The second kappa shape index (κ2) is 4.60. The zero-order valence-corrected chi connectivity index (χ0v) is 12.0. The van der Waals surface area contributed by atoms with Gasteiger partial charge in [-0.1, -0.05) is 12.1 Å². The van der Waals surface area contributed by atoms with Gasteiger partial charge in [-0.15, -0.1) is 0 Å². The van der Waals surface area contributed by atoms with Crippen LogP contribution in [0.25, 0.3) is 22.4 Å². The average molecular weight is 279 g/mol. The number of imidazole rings is 1. The van der Waals surface area contributed by atoms with Crippen LogP contribution in [0, 0.1) is 0 Å². The maximum absolute atomic E-state index is 5.82. The lowest BCUT2D eigenvalue weighted by Gasteiger charge is -2.04. The van der Waals surface area contributed by atoms with Crippen molar-refractivity contribution >= 4 is 11.0 Å². The molecule has 1 aliphatic heterocycles. The lowest BCUT2D eigenvalue weighted by atomic mass is 10.1. The zero-order valence-electron chi connectivity index (χ0n) is 12.0. The summed E-state index contributed by atoms with van der Waals surface area (Å²) in [6, 6.07) is 12.5. The van der Waals surface area contributed by atoms with Crippen LogP contribution in [0.3, 0.4) is 0 Å². The Bertz CT molecular complexity index is 835. The molecule has 0 saturated heterocycles. The van der Waals surface area contributed by atoms with Crippen molar-refractivity contribution in [2.45, 2.75) is 13.0 Å². The first-order valence-corrected chi connectivity index (χ1v) is 7.18. The third kappa shape index (κ3) is 1.83. The minimum atomic E-state index is 0.506. The first-order chi connectivity index (χ1) is 10.3. The summed E-state index contributed by atoms with van der Waals surface area (Å²) in [5.41, 5.74) is 11.4. The van der Waals surface area contributed by atoms with E-state index >= 15 is 0 Å². The Hall–Kier alpha value is -2.33. The Labute approximate surface area is 123 Å². The van der Waals surface area contributed by atoms with E-state index in [0.29, 0.717) is 6.54 Å². The Morgan fingerprint density at radius 3 is 3.05 bits per heavy atom. The molecule has 0 amide bonds. The first kappa shape index (κ1) is 12.4. The Morgan fingerprint density at radius 1 is 1.29 bits per heavy atom. The second-order valence-corrected chi connectivity index (χ2v) is 5.40. The molecule has 0 bridgehead atoms. The minimum absolute atomic E-state index is 0.506. The summed E-state index contributed by atoms with van der Waals surface area (Å²) in [5, 5.41) is 0. The Balaban J connectivity index is 1.92. The van der Waals surface area contributed by atoms with Crippen molar-refractivity contribution in [1.29, 1.82) is 0 Å². The van der Waals surface area contributed by atoms with Crippen molar-refractivity contribution in [2.24, 2.45) is 12.8 Å². The van der Waals surface area contributed by atoms with Gasteiger partial charge in [-0.2, -0.15) is 0 Å². The zero-order chi connectivity index (χ0) is 14.4. The molecule has 4 rings (SSSR count). The van der Waals surface area contributed by atoms with Gasteiger partial charge in [0, 0.05) is 25.6 Å². The predicted molar refractivity (Wildman–Crippen MR) is 83.2 cm³/mol. The van der Waals surface area contributed by atoms with Crippen LogP contribution in [0.5, 0.6) is 5.75 Å². The van der Waals surface area contributed by atoms with Crippen molar-refractivity contribution in [3.63, 3.8) is 0 Å².